The van der Waals surface area contributed by atoms with E-state index in [4.69, 9.17) is 5.73 Å². The first-order valence-corrected chi connectivity index (χ1v) is 7.63. The number of primary amides is 1. The van der Waals surface area contributed by atoms with Gasteiger partial charge in [0.2, 0.25) is 5.91 Å². The standard InChI is InChI=1S/C15H19BrN2O2/c1-10-6-11(8-12(16)7-10)15(20)18-5-3-2-4-13(18)9-14(17)19/h6-8,13H,2-5,9H2,1H3,(H2,17,19). The summed E-state index contributed by atoms with van der Waals surface area (Å²) in [5, 5.41) is 0. The highest BCUT2D eigenvalue weighted by molar-refractivity contribution is 9.10. The molecule has 4 nitrogen and oxygen atoms in total. The van der Waals surface area contributed by atoms with Gasteiger partial charge in [-0.2, -0.15) is 0 Å². The van der Waals surface area contributed by atoms with Gasteiger partial charge in [-0.3, -0.25) is 9.59 Å². The van der Waals surface area contributed by atoms with Crippen molar-refractivity contribution in [1.29, 1.82) is 0 Å². The van der Waals surface area contributed by atoms with Crippen LogP contribution >= 0.6 is 15.9 Å². The third-order valence-corrected chi connectivity index (χ3v) is 4.07. The van der Waals surface area contributed by atoms with E-state index in [1.54, 1.807) is 4.90 Å². The molecule has 1 aromatic carbocycles. The van der Waals surface area contributed by atoms with Gasteiger partial charge < -0.3 is 10.6 Å². The number of rotatable bonds is 3. The van der Waals surface area contributed by atoms with Gasteiger partial charge in [0.05, 0.1) is 0 Å². The van der Waals surface area contributed by atoms with E-state index >= 15 is 0 Å². The van der Waals surface area contributed by atoms with Crippen LogP contribution in [0.15, 0.2) is 22.7 Å². The number of amides is 2. The van der Waals surface area contributed by atoms with Crippen LogP contribution in [0.4, 0.5) is 0 Å². The van der Waals surface area contributed by atoms with Crippen LogP contribution in [0.1, 0.15) is 41.6 Å². The fraction of sp³-hybridized carbons (Fsp3) is 0.467. The minimum atomic E-state index is -0.347. The summed E-state index contributed by atoms with van der Waals surface area (Å²) in [4.78, 5) is 25.6. The number of nitrogens with two attached hydrogens (primary N) is 1. The average Bonchev–Trinajstić information content (AvgIpc) is 2.36. The molecule has 1 saturated heterocycles. The summed E-state index contributed by atoms with van der Waals surface area (Å²) in [6.45, 7) is 2.65. The third kappa shape index (κ3) is 3.60. The quantitative estimate of drug-likeness (QED) is 0.920. The van der Waals surface area contributed by atoms with Crippen LogP contribution in [-0.4, -0.2) is 29.3 Å². The van der Waals surface area contributed by atoms with Gasteiger partial charge in [0, 0.05) is 29.0 Å². The lowest BCUT2D eigenvalue weighted by atomic mass is 9.97. The number of piperidine rings is 1. The van der Waals surface area contributed by atoms with Crippen molar-refractivity contribution >= 4 is 27.7 Å². The molecular formula is C15H19BrN2O2. The van der Waals surface area contributed by atoms with Crippen molar-refractivity contribution in [3.05, 3.63) is 33.8 Å². The lowest BCUT2D eigenvalue weighted by Gasteiger charge is -2.35. The van der Waals surface area contributed by atoms with E-state index in [2.05, 4.69) is 15.9 Å². The van der Waals surface area contributed by atoms with Crippen molar-refractivity contribution in [2.45, 2.75) is 38.6 Å². The molecule has 0 bridgehead atoms. The van der Waals surface area contributed by atoms with Gasteiger partial charge in [-0.15, -0.1) is 0 Å². The van der Waals surface area contributed by atoms with Crippen molar-refractivity contribution in [2.75, 3.05) is 6.54 Å². The Morgan fingerprint density at radius 3 is 2.75 bits per heavy atom. The van der Waals surface area contributed by atoms with E-state index in [-0.39, 0.29) is 24.3 Å². The number of likely N-dealkylation sites (tertiary alicyclic amines) is 1. The second kappa shape index (κ2) is 6.39. The average molecular weight is 339 g/mol. The fourth-order valence-electron chi connectivity index (χ4n) is 2.74. The van der Waals surface area contributed by atoms with E-state index in [1.807, 2.05) is 25.1 Å². The molecule has 0 saturated carbocycles. The summed E-state index contributed by atoms with van der Waals surface area (Å²) in [6, 6.07) is 5.61. The number of nitrogens with zero attached hydrogens (tertiary/aromatic N) is 1. The van der Waals surface area contributed by atoms with Gasteiger partial charge in [0.15, 0.2) is 0 Å². The summed E-state index contributed by atoms with van der Waals surface area (Å²) < 4.78 is 0.893. The van der Waals surface area contributed by atoms with Gasteiger partial charge in [0.1, 0.15) is 0 Å². The monoisotopic (exact) mass is 338 g/mol. The molecule has 1 heterocycles. The Hall–Kier alpha value is -1.36. The molecule has 0 spiro atoms. The molecule has 1 aromatic rings. The number of hydrogen-bond acceptors (Lipinski definition) is 2. The Morgan fingerprint density at radius 2 is 2.10 bits per heavy atom. The maximum atomic E-state index is 12.6. The van der Waals surface area contributed by atoms with E-state index in [0.29, 0.717) is 12.1 Å². The predicted molar refractivity (Wildman–Crippen MR) is 81.4 cm³/mol. The van der Waals surface area contributed by atoms with E-state index in [0.717, 1.165) is 29.3 Å². The number of carbonyl (C=O) groups is 2. The Bertz CT molecular complexity index is 510. The number of aryl methyl sites for hydroxylation is 1. The Balaban J connectivity index is 2.22. The van der Waals surface area contributed by atoms with Crippen molar-refractivity contribution in [3.8, 4) is 0 Å². The number of benzene rings is 1. The smallest absolute Gasteiger partial charge is 0.254 e. The lowest BCUT2D eigenvalue weighted by Crippen LogP contribution is -2.45. The number of halogens is 1. The maximum Gasteiger partial charge on any atom is 0.254 e. The molecule has 1 unspecified atom stereocenters. The lowest BCUT2D eigenvalue weighted by molar-refractivity contribution is -0.119. The highest BCUT2D eigenvalue weighted by atomic mass is 79.9. The summed E-state index contributed by atoms with van der Waals surface area (Å²) in [5.74, 6) is -0.361. The van der Waals surface area contributed by atoms with Crippen LogP contribution < -0.4 is 5.73 Å². The Kier molecular flexibility index (Phi) is 4.81. The maximum absolute atomic E-state index is 12.6. The first-order chi connectivity index (χ1) is 9.47. The van der Waals surface area contributed by atoms with Crippen LogP contribution in [0.25, 0.3) is 0 Å². The highest BCUT2D eigenvalue weighted by Crippen LogP contribution is 2.23. The molecule has 0 aromatic heterocycles. The first-order valence-electron chi connectivity index (χ1n) is 6.84. The fourth-order valence-corrected chi connectivity index (χ4v) is 3.35. The molecule has 1 fully saturated rings. The molecule has 20 heavy (non-hydrogen) atoms. The van der Waals surface area contributed by atoms with Crippen LogP contribution in [0.3, 0.4) is 0 Å². The molecule has 5 heteroatoms. The minimum Gasteiger partial charge on any atom is -0.370 e. The summed E-state index contributed by atoms with van der Waals surface area (Å²) >= 11 is 3.42. The van der Waals surface area contributed by atoms with Crippen molar-refractivity contribution in [2.24, 2.45) is 5.73 Å². The van der Waals surface area contributed by atoms with E-state index in [1.165, 1.54) is 0 Å². The molecular weight excluding hydrogens is 320 g/mol. The molecule has 108 valence electrons. The third-order valence-electron chi connectivity index (χ3n) is 3.61. The van der Waals surface area contributed by atoms with E-state index < -0.39 is 0 Å². The van der Waals surface area contributed by atoms with Gasteiger partial charge in [-0.25, -0.2) is 0 Å². The van der Waals surface area contributed by atoms with Crippen LogP contribution in [-0.2, 0) is 4.79 Å². The van der Waals surface area contributed by atoms with Crippen LogP contribution in [0.2, 0.25) is 0 Å². The van der Waals surface area contributed by atoms with Gasteiger partial charge in [-0.05, 0) is 49.9 Å². The molecule has 1 atom stereocenters. The zero-order valence-electron chi connectivity index (χ0n) is 11.6. The predicted octanol–water partition coefficient (Wildman–Crippen LogP) is 2.63. The van der Waals surface area contributed by atoms with Gasteiger partial charge >= 0.3 is 0 Å². The topological polar surface area (TPSA) is 63.4 Å². The summed E-state index contributed by atoms with van der Waals surface area (Å²) in [5.41, 5.74) is 6.98. The zero-order chi connectivity index (χ0) is 14.7. The van der Waals surface area contributed by atoms with E-state index in [9.17, 15) is 9.59 Å². The highest BCUT2D eigenvalue weighted by Gasteiger charge is 2.28. The first kappa shape index (κ1) is 15.0. The minimum absolute atomic E-state index is 0.0136. The normalized spacial score (nSPS) is 18.9. The molecule has 1 aliphatic heterocycles. The van der Waals surface area contributed by atoms with Gasteiger partial charge in [-0.1, -0.05) is 15.9 Å². The summed E-state index contributed by atoms with van der Waals surface area (Å²) in [7, 11) is 0. The Morgan fingerprint density at radius 1 is 1.35 bits per heavy atom. The molecule has 1 aliphatic rings. The van der Waals surface area contributed by atoms with Crippen molar-refractivity contribution in [3.63, 3.8) is 0 Å². The largest absolute Gasteiger partial charge is 0.370 e. The van der Waals surface area contributed by atoms with Crippen LogP contribution in [0, 0.1) is 6.92 Å². The van der Waals surface area contributed by atoms with Crippen molar-refractivity contribution < 1.29 is 9.59 Å². The molecule has 2 amide bonds. The van der Waals surface area contributed by atoms with Crippen LogP contribution in [0.5, 0.6) is 0 Å². The number of carbonyl (C=O) groups excluding carboxylic acids is 2. The van der Waals surface area contributed by atoms with Gasteiger partial charge in [0.25, 0.3) is 5.91 Å². The SMILES string of the molecule is Cc1cc(Br)cc(C(=O)N2CCCCC2CC(N)=O)c1. The summed E-state index contributed by atoms with van der Waals surface area (Å²) in [6.07, 6.45) is 3.12. The molecule has 0 radical (unpaired) electrons. The second-order valence-electron chi connectivity index (χ2n) is 5.34. The second-order valence-corrected chi connectivity index (χ2v) is 6.25. The molecule has 2 rings (SSSR count). The molecule has 2 N–H and O–H groups in total. The molecule has 0 aliphatic carbocycles. The number of hydrogen-bond donors (Lipinski definition) is 1. The zero-order valence-corrected chi connectivity index (χ0v) is 13.1. The Labute approximate surface area is 127 Å². The van der Waals surface area contributed by atoms with Crippen molar-refractivity contribution in [1.82, 2.24) is 4.90 Å².